The molecule has 1 aromatic carbocycles. The van der Waals surface area contributed by atoms with E-state index in [-0.39, 0.29) is 17.5 Å². The van der Waals surface area contributed by atoms with Gasteiger partial charge in [-0.15, -0.1) is 0 Å². The van der Waals surface area contributed by atoms with Gasteiger partial charge in [-0.25, -0.2) is 9.07 Å². The molecule has 1 heterocycles. The Morgan fingerprint density at radius 3 is 2.50 bits per heavy atom. The first-order chi connectivity index (χ1) is 9.47. The van der Waals surface area contributed by atoms with Gasteiger partial charge in [0.05, 0.1) is 11.9 Å². The van der Waals surface area contributed by atoms with Gasteiger partial charge < -0.3 is 0 Å². The van der Waals surface area contributed by atoms with Crippen LogP contribution in [0.2, 0.25) is 0 Å². The summed E-state index contributed by atoms with van der Waals surface area (Å²) in [4.78, 5) is 11.6. The molecule has 0 atom stereocenters. The third-order valence-electron chi connectivity index (χ3n) is 3.04. The summed E-state index contributed by atoms with van der Waals surface area (Å²) in [6, 6.07) is 6.09. The van der Waals surface area contributed by atoms with E-state index < -0.39 is 0 Å². The van der Waals surface area contributed by atoms with Gasteiger partial charge in [-0.3, -0.25) is 4.79 Å². The molecule has 1 aromatic heterocycles. The standard InChI is InChI=1S/C16H17FN2O/c1-11(2)16(12(3)20)8-13-9-18-19(10-13)15-6-4-14(17)5-7-15/h4-11H,1-3H3/b16-8+. The van der Waals surface area contributed by atoms with E-state index in [4.69, 9.17) is 0 Å². The predicted octanol–water partition coefficient (Wildman–Crippen LogP) is 3.64. The lowest BCUT2D eigenvalue weighted by molar-refractivity contribution is -0.113. The Bertz CT molecular complexity index is 639. The second-order valence-electron chi connectivity index (χ2n) is 5.01. The van der Waals surface area contributed by atoms with Crippen molar-refractivity contribution in [3.63, 3.8) is 0 Å². The van der Waals surface area contributed by atoms with Crippen molar-refractivity contribution in [1.82, 2.24) is 9.78 Å². The van der Waals surface area contributed by atoms with E-state index in [2.05, 4.69) is 5.10 Å². The van der Waals surface area contributed by atoms with E-state index in [1.807, 2.05) is 26.1 Å². The third kappa shape index (κ3) is 3.20. The van der Waals surface area contributed by atoms with Crippen LogP contribution in [-0.2, 0) is 4.79 Å². The summed E-state index contributed by atoms with van der Waals surface area (Å²) in [6.07, 6.45) is 5.35. The number of carbonyl (C=O) groups is 1. The lowest BCUT2D eigenvalue weighted by Crippen LogP contribution is -2.03. The van der Waals surface area contributed by atoms with Crippen LogP contribution >= 0.6 is 0 Å². The fraction of sp³-hybridized carbons (Fsp3) is 0.250. The highest BCUT2D eigenvalue weighted by atomic mass is 19.1. The molecule has 0 N–H and O–H groups in total. The smallest absolute Gasteiger partial charge is 0.156 e. The number of halogens is 1. The Morgan fingerprint density at radius 1 is 1.30 bits per heavy atom. The minimum absolute atomic E-state index is 0.0644. The summed E-state index contributed by atoms with van der Waals surface area (Å²) < 4.78 is 14.5. The van der Waals surface area contributed by atoms with Crippen molar-refractivity contribution in [2.75, 3.05) is 0 Å². The summed E-state index contributed by atoms with van der Waals surface area (Å²) in [7, 11) is 0. The molecule has 0 aliphatic rings. The highest BCUT2D eigenvalue weighted by molar-refractivity contribution is 5.98. The van der Waals surface area contributed by atoms with Crippen molar-refractivity contribution in [3.8, 4) is 5.69 Å². The van der Waals surface area contributed by atoms with Gasteiger partial charge in [-0.2, -0.15) is 5.10 Å². The van der Waals surface area contributed by atoms with Crippen LogP contribution in [0.5, 0.6) is 0 Å². The predicted molar refractivity (Wildman–Crippen MR) is 77.0 cm³/mol. The second kappa shape index (κ2) is 5.82. The van der Waals surface area contributed by atoms with Gasteiger partial charge in [0.25, 0.3) is 0 Å². The Morgan fingerprint density at radius 2 is 1.95 bits per heavy atom. The zero-order valence-corrected chi connectivity index (χ0v) is 11.8. The zero-order valence-electron chi connectivity index (χ0n) is 11.8. The van der Waals surface area contributed by atoms with Crippen molar-refractivity contribution in [2.24, 2.45) is 5.92 Å². The molecule has 2 aromatic rings. The minimum atomic E-state index is -0.278. The number of aromatic nitrogens is 2. The van der Waals surface area contributed by atoms with Crippen LogP contribution in [0.15, 0.2) is 42.2 Å². The molecule has 104 valence electrons. The van der Waals surface area contributed by atoms with Gasteiger partial charge in [0.2, 0.25) is 0 Å². The van der Waals surface area contributed by atoms with Gasteiger partial charge in [-0.1, -0.05) is 13.8 Å². The molecule has 3 nitrogen and oxygen atoms in total. The third-order valence-corrected chi connectivity index (χ3v) is 3.04. The normalized spacial score (nSPS) is 11.9. The van der Waals surface area contributed by atoms with Gasteiger partial charge >= 0.3 is 0 Å². The second-order valence-corrected chi connectivity index (χ2v) is 5.01. The number of ketones is 1. The van der Waals surface area contributed by atoms with Crippen LogP contribution in [0.25, 0.3) is 11.8 Å². The molecular weight excluding hydrogens is 255 g/mol. The molecule has 0 saturated carbocycles. The molecule has 0 spiro atoms. The van der Waals surface area contributed by atoms with Crippen LogP contribution in [0.4, 0.5) is 4.39 Å². The maximum Gasteiger partial charge on any atom is 0.156 e. The zero-order chi connectivity index (χ0) is 14.7. The van der Waals surface area contributed by atoms with E-state index in [0.717, 1.165) is 16.8 Å². The maximum absolute atomic E-state index is 12.9. The van der Waals surface area contributed by atoms with Crippen molar-refractivity contribution >= 4 is 11.9 Å². The quantitative estimate of drug-likeness (QED) is 0.796. The molecule has 0 aliphatic carbocycles. The van der Waals surface area contributed by atoms with Crippen molar-refractivity contribution in [3.05, 3.63) is 53.6 Å². The molecule has 0 bridgehead atoms. The summed E-state index contributed by atoms with van der Waals surface area (Å²) in [5, 5.41) is 4.23. The van der Waals surface area contributed by atoms with E-state index >= 15 is 0 Å². The fourth-order valence-corrected chi connectivity index (χ4v) is 2.00. The van der Waals surface area contributed by atoms with E-state index in [1.165, 1.54) is 12.1 Å². The van der Waals surface area contributed by atoms with Crippen LogP contribution in [0.1, 0.15) is 26.3 Å². The minimum Gasteiger partial charge on any atom is -0.295 e. The average molecular weight is 272 g/mol. The van der Waals surface area contributed by atoms with Crippen LogP contribution < -0.4 is 0 Å². The molecule has 0 fully saturated rings. The molecule has 0 aliphatic heterocycles. The maximum atomic E-state index is 12.9. The number of allylic oxidation sites excluding steroid dienone is 1. The molecule has 2 rings (SSSR count). The molecule has 0 radical (unpaired) electrons. The van der Waals surface area contributed by atoms with Crippen LogP contribution in [0.3, 0.4) is 0 Å². The monoisotopic (exact) mass is 272 g/mol. The number of carbonyl (C=O) groups excluding carboxylic acids is 1. The summed E-state index contributed by atoms with van der Waals surface area (Å²) in [5.74, 6) is -0.0455. The summed E-state index contributed by atoms with van der Waals surface area (Å²) in [5.41, 5.74) is 2.40. The summed E-state index contributed by atoms with van der Waals surface area (Å²) in [6.45, 7) is 5.53. The van der Waals surface area contributed by atoms with Gasteiger partial charge in [0.1, 0.15) is 5.82 Å². The molecule has 20 heavy (non-hydrogen) atoms. The molecule has 4 heteroatoms. The lowest BCUT2D eigenvalue weighted by atomic mass is 9.98. The summed E-state index contributed by atoms with van der Waals surface area (Å²) >= 11 is 0. The number of benzene rings is 1. The first-order valence-corrected chi connectivity index (χ1v) is 6.50. The molecule has 0 unspecified atom stereocenters. The van der Waals surface area contributed by atoms with Crippen molar-refractivity contribution in [2.45, 2.75) is 20.8 Å². The Labute approximate surface area is 117 Å². The number of Topliss-reactive ketones (excluding diaryl/α,β-unsaturated/α-hetero) is 1. The molecule has 0 amide bonds. The van der Waals surface area contributed by atoms with Gasteiger partial charge in [-0.05, 0) is 48.8 Å². The van der Waals surface area contributed by atoms with E-state index in [0.29, 0.717) is 0 Å². The van der Waals surface area contributed by atoms with Crippen LogP contribution in [-0.4, -0.2) is 15.6 Å². The topological polar surface area (TPSA) is 34.9 Å². The average Bonchev–Trinajstić information content (AvgIpc) is 2.84. The fourth-order valence-electron chi connectivity index (χ4n) is 2.00. The number of nitrogens with zero attached hydrogens (tertiary/aromatic N) is 2. The molecule has 0 saturated heterocycles. The Balaban J connectivity index is 2.31. The van der Waals surface area contributed by atoms with Crippen molar-refractivity contribution < 1.29 is 9.18 Å². The SMILES string of the molecule is CC(=O)/C(=C/c1cnn(-c2ccc(F)cc2)c1)C(C)C. The first kappa shape index (κ1) is 14.2. The number of rotatable bonds is 4. The molecular formula is C16H17FN2O. The van der Waals surface area contributed by atoms with Gasteiger partial charge in [0.15, 0.2) is 5.78 Å². The number of hydrogen-bond donors (Lipinski definition) is 0. The highest BCUT2D eigenvalue weighted by Gasteiger charge is 2.09. The first-order valence-electron chi connectivity index (χ1n) is 6.50. The van der Waals surface area contributed by atoms with Crippen LogP contribution in [0, 0.1) is 11.7 Å². The Kier molecular flexibility index (Phi) is 4.13. The van der Waals surface area contributed by atoms with Gasteiger partial charge in [0, 0.05) is 11.8 Å². The lowest BCUT2D eigenvalue weighted by Gasteiger charge is -2.06. The largest absolute Gasteiger partial charge is 0.295 e. The van der Waals surface area contributed by atoms with E-state index in [1.54, 1.807) is 29.9 Å². The highest BCUT2D eigenvalue weighted by Crippen LogP contribution is 2.17. The number of hydrogen-bond acceptors (Lipinski definition) is 2. The Hall–Kier alpha value is -2.23. The van der Waals surface area contributed by atoms with Crippen molar-refractivity contribution in [1.29, 1.82) is 0 Å². The van der Waals surface area contributed by atoms with E-state index in [9.17, 15) is 9.18 Å².